The number of hydrogen-bond donors (Lipinski definition) is 1. The van der Waals surface area contributed by atoms with Crippen LogP contribution in [0, 0.1) is 5.92 Å². The average molecular weight is 681 g/mol. The molecule has 0 aliphatic carbocycles. The summed E-state index contributed by atoms with van der Waals surface area (Å²) in [6, 6.07) is 0. The molecule has 0 amide bonds. The summed E-state index contributed by atoms with van der Waals surface area (Å²) in [7, 11) is 0. The molecule has 0 spiro atoms. The Bertz CT molecular complexity index is 708. The predicted octanol–water partition coefficient (Wildman–Crippen LogP) is 13.1. The molecule has 0 fully saturated rings. The van der Waals surface area contributed by atoms with E-state index < -0.39 is 30.2 Å². The van der Waals surface area contributed by atoms with Crippen LogP contribution in [0.2, 0.25) is 0 Å². The van der Waals surface area contributed by atoms with Crippen molar-refractivity contribution in [2.45, 2.75) is 232 Å². The number of esters is 2. The van der Waals surface area contributed by atoms with Crippen molar-refractivity contribution in [3.8, 4) is 0 Å². The molecule has 0 aliphatic rings. The highest BCUT2D eigenvalue weighted by atomic mass is 16.5. The minimum Gasteiger partial charge on any atom is -0.481 e. The van der Waals surface area contributed by atoms with Gasteiger partial charge in [0.1, 0.15) is 0 Å². The highest BCUT2D eigenvalue weighted by molar-refractivity contribution is 5.83. The zero-order valence-electron chi connectivity index (χ0n) is 32.0. The van der Waals surface area contributed by atoms with Gasteiger partial charge < -0.3 is 14.6 Å². The van der Waals surface area contributed by atoms with Crippen molar-refractivity contribution < 1.29 is 29.0 Å². The summed E-state index contributed by atoms with van der Waals surface area (Å²) >= 11 is 0. The third kappa shape index (κ3) is 35.7. The molecule has 0 aromatic heterocycles. The largest absolute Gasteiger partial charge is 0.481 e. The molecule has 0 saturated carbocycles. The molecule has 1 unspecified atom stereocenters. The zero-order chi connectivity index (χ0) is 35.2. The van der Waals surface area contributed by atoms with Crippen LogP contribution in [0.25, 0.3) is 0 Å². The molecule has 284 valence electrons. The fourth-order valence-corrected chi connectivity index (χ4v) is 6.49. The molecule has 0 aliphatic heterocycles. The number of aliphatic carboxylic acids is 1. The molecule has 6 nitrogen and oxygen atoms in total. The normalized spacial score (nSPS) is 11.9. The van der Waals surface area contributed by atoms with Crippen LogP contribution in [0.4, 0.5) is 0 Å². The molecule has 0 aromatic carbocycles. The minimum absolute atomic E-state index is 0.233. The van der Waals surface area contributed by atoms with E-state index in [0.717, 1.165) is 38.5 Å². The number of carboxylic acid groups (broad SMARTS) is 1. The van der Waals surface area contributed by atoms with E-state index >= 15 is 0 Å². The fraction of sp³-hybridized carbons (Fsp3) is 0.929. The maximum Gasteiger partial charge on any atom is 0.310 e. The van der Waals surface area contributed by atoms with Gasteiger partial charge in [-0.3, -0.25) is 14.4 Å². The van der Waals surface area contributed by atoms with E-state index in [1.54, 1.807) is 0 Å². The summed E-state index contributed by atoms with van der Waals surface area (Å²) in [5.74, 6) is -3.20. The van der Waals surface area contributed by atoms with Crippen molar-refractivity contribution >= 4 is 17.9 Å². The van der Waals surface area contributed by atoms with Crippen LogP contribution in [-0.4, -0.2) is 36.2 Å². The summed E-state index contributed by atoms with van der Waals surface area (Å²) in [5.41, 5.74) is 0. The van der Waals surface area contributed by atoms with E-state index in [-0.39, 0.29) is 13.0 Å². The van der Waals surface area contributed by atoms with Crippen molar-refractivity contribution in [1.29, 1.82) is 0 Å². The van der Waals surface area contributed by atoms with Crippen molar-refractivity contribution in [3.05, 3.63) is 0 Å². The second-order valence-corrected chi connectivity index (χ2v) is 14.5. The lowest BCUT2D eigenvalue weighted by molar-refractivity contribution is -0.158. The smallest absolute Gasteiger partial charge is 0.310 e. The summed E-state index contributed by atoms with van der Waals surface area (Å²) in [6.45, 7) is 5.14. The summed E-state index contributed by atoms with van der Waals surface area (Å²) in [5, 5.41) is 9.24. The topological polar surface area (TPSA) is 89.9 Å². The predicted molar refractivity (Wildman–Crippen MR) is 201 cm³/mol. The van der Waals surface area contributed by atoms with E-state index in [9.17, 15) is 19.5 Å². The Morgan fingerprint density at radius 1 is 0.396 bits per heavy atom. The molecule has 1 N–H and O–H groups in total. The lowest BCUT2D eigenvalue weighted by Gasteiger charge is -2.14. The van der Waals surface area contributed by atoms with Gasteiger partial charge in [0.2, 0.25) is 0 Å². The van der Waals surface area contributed by atoms with Crippen LogP contribution in [0.3, 0.4) is 0 Å². The second kappa shape index (κ2) is 38.2. The van der Waals surface area contributed by atoms with Gasteiger partial charge in [-0.2, -0.15) is 0 Å². The number of rotatable bonds is 39. The van der Waals surface area contributed by atoms with Crippen molar-refractivity contribution in [1.82, 2.24) is 0 Å². The Morgan fingerprint density at radius 3 is 0.958 bits per heavy atom. The quantitative estimate of drug-likeness (QED) is 0.0513. The average Bonchev–Trinajstić information content (AvgIpc) is 3.07. The van der Waals surface area contributed by atoms with E-state index in [2.05, 4.69) is 13.8 Å². The van der Waals surface area contributed by atoms with Gasteiger partial charge in [-0.15, -0.1) is 0 Å². The summed E-state index contributed by atoms with van der Waals surface area (Å²) in [6.07, 6.45) is 40.4. The van der Waals surface area contributed by atoms with Crippen LogP contribution >= 0.6 is 0 Å². The Labute approximate surface area is 297 Å². The Balaban J connectivity index is 3.69. The van der Waals surface area contributed by atoms with Crippen LogP contribution in [0.15, 0.2) is 0 Å². The van der Waals surface area contributed by atoms with Gasteiger partial charge in [-0.1, -0.05) is 206 Å². The number of unbranched alkanes of at least 4 members (excludes halogenated alkanes) is 30. The second-order valence-electron chi connectivity index (χ2n) is 14.5. The van der Waals surface area contributed by atoms with Gasteiger partial charge in [0.05, 0.1) is 32.0 Å². The Hall–Kier alpha value is -1.59. The first-order chi connectivity index (χ1) is 23.5. The molecule has 0 aromatic rings. The van der Waals surface area contributed by atoms with Crippen LogP contribution in [0.5, 0.6) is 0 Å². The van der Waals surface area contributed by atoms with Crippen LogP contribution < -0.4 is 0 Å². The Kier molecular flexibility index (Phi) is 36.9. The minimum atomic E-state index is -1.11. The van der Waals surface area contributed by atoms with Crippen LogP contribution in [0.1, 0.15) is 232 Å². The first-order valence-electron chi connectivity index (χ1n) is 21.0. The van der Waals surface area contributed by atoms with Gasteiger partial charge in [-0.05, 0) is 12.8 Å². The van der Waals surface area contributed by atoms with E-state index in [4.69, 9.17) is 9.47 Å². The maximum absolute atomic E-state index is 12.5. The standard InChI is InChI=1S/C42H80O6/c1-3-5-7-9-11-13-15-17-19-21-23-25-27-29-31-33-35-47-41(45)38-39(37-40(43)44)42(46)48-36-34-32-30-28-26-24-22-20-18-16-14-12-10-8-6-4-2/h39H,3-38H2,1-2H3,(H,43,44). The first kappa shape index (κ1) is 46.4. The van der Waals surface area contributed by atoms with Gasteiger partial charge >= 0.3 is 17.9 Å². The highest BCUT2D eigenvalue weighted by Crippen LogP contribution is 2.17. The Morgan fingerprint density at radius 2 is 0.667 bits per heavy atom. The number of ether oxygens (including phenoxy) is 2. The van der Waals surface area contributed by atoms with Crippen molar-refractivity contribution in [2.24, 2.45) is 5.92 Å². The molecule has 0 saturated heterocycles. The molecule has 0 bridgehead atoms. The monoisotopic (exact) mass is 681 g/mol. The van der Waals surface area contributed by atoms with Crippen molar-refractivity contribution in [2.75, 3.05) is 13.2 Å². The number of hydrogen-bond acceptors (Lipinski definition) is 5. The van der Waals surface area contributed by atoms with E-state index in [1.165, 1.54) is 167 Å². The maximum atomic E-state index is 12.5. The van der Waals surface area contributed by atoms with Gasteiger partial charge in [0, 0.05) is 0 Å². The molecule has 0 radical (unpaired) electrons. The molecule has 0 heterocycles. The summed E-state index contributed by atoms with van der Waals surface area (Å²) < 4.78 is 10.7. The zero-order valence-corrected chi connectivity index (χ0v) is 32.0. The molecule has 6 heteroatoms. The molecule has 0 rings (SSSR count). The molecule has 48 heavy (non-hydrogen) atoms. The fourth-order valence-electron chi connectivity index (χ4n) is 6.49. The van der Waals surface area contributed by atoms with Gasteiger partial charge in [0.15, 0.2) is 0 Å². The lowest BCUT2D eigenvalue weighted by atomic mass is 10.0. The molecular weight excluding hydrogens is 600 g/mol. The lowest BCUT2D eigenvalue weighted by Crippen LogP contribution is -2.25. The summed E-state index contributed by atoms with van der Waals surface area (Å²) in [4.78, 5) is 36.1. The van der Waals surface area contributed by atoms with Gasteiger partial charge in [-0.25, -0.2) is 0 Å². The molecular formula is C42H80O6. The third-order valence-corrected chi connectivity index (χ3v) is 9.67. The number of carboxylic acids is 1. The SMILES string of the molecule is CCCCCCCCCCCCCCCCCCOC(=O)CC(CC(=O)O)C(=O)OCCCCCCCCCCCCCCCCCC. The van der Waals surface area contributed by atoms with E-state index in [0.29, 0.717) is 6.61 Å². The highest BCUT2D eigenvalue weighted by Gasteiger charge is 2.27. The van der Waals surface area contributed by atoms with Crippen LogP contribution in [-0.2, 0) is 23.9 Å². The first-order valence-corrected chi connectivity index (χ1v) is 21.0. The van der Waals surface area contributed by atoms with E-state index in [1.807, 2.05) is 0 Å². The van der Waals surface area contributed by atoms with Gasteiger partial charge in [0.25, 0.3) is 0 Å². The molecule has 1 atom stereocenters. The van der Waals surface area contributed by atoms with Crippen molar-refractivity contribution in [3.63, 3.8) is 0 Å². The third-order valence-electron chi connectivity index (χ3n) is 9.67. The number of carbonyl (C=O) groups excluding carboxylic acids is 2. The number of carbonyl (C=O) groups is 3.